The number of nitrogens with zero attached hydrogens (tertiary/aromatic N) is 3. The molecule has 7 nitrogen and oxygen atoms in total. The van der Waals surface area contributed by atoms with Crippen LogP contribution in [0, 0.1) is 6.92 Å². The Bertz CT molecular complexity index is 1050. The van der Waals surface area contributed by atoms with Gasteiger partial charge in [-0.15, -0.1) is 5.10 Å². The summed E-state index contributed by atoms with van der Waals surface area (Å²) in [4.78, 5) is 27.0. The molecule has 9 heteroatoms. The molecular weight excluding hydrogens is 379 g/mol. The van der Waals surface area contributed by atoms with Crippen molar-refractivity contribution in [2.75, 3.05) is 5.32 Å². The minimum atomic E-state index is -1.04. The second kappa shape index (κ2) is 7.15. The number of anilines is 2. The number of carboxylic acids is 1. The molecule has 1 aromatic heterocycles. The fourth-order valence-electron chi connectivity index (χ4n) is 2.25. The van der Waals surface area contributed by atoms with E-state index in [1.807, 2.05) is 0 Å². The van der Waals surface area contributed by atoms with Crippen molar-refractivity contribution in [3.63, 3.8) is 0 Å². The number of nitrogens with one attached hydrogen (secondary N) is 1. The van der Waals surface area contributed by atoms with Crippen molar-refractivity contribution in [2.45, 2.75) is 6.92 Å². The Morgan fingerprint density at radius 2 is 1.85 bits per heavy atom. The molecule has 2 N–H and O–H groups in total. The number of aromatic carboxylic acids is 1. The number of carbonyl (C=O) groups is 1. The average molecular weight is 391 g/mol. The summed E-state index contributed by atoms with van der Waals surface area (Å²) in [7, 11) is 0. The molecule has 0 unspecified atom stereocenters. The molecule has 0 bridgehead atoms. The summed E-state index contributed by atoms with van der Waals surface area (Å²) in [6.45, 7) is 1.62. The first kappa shape index (κ1) is 17.9. The van der Waals surface area contributed by atoms with Gasteiger partial charge in [-0.05, 0) is 49.4 Å². The van der Waals surface area contributed by atoms with E-state index in [-0.39, 0.29) is 11.4 Å². The van der Waals surface area contributed by atoms with Crippen molar-refractivity contribution >= 4 is 40.7 Å². The van der Waals surface area contributed by atoms with Crippen LogP contribution < -0.4 is 10.9 Å². The molecule has 0 aliphatic carbocycles. The third kappa shape index (κ3) is 3.68. The Balaban J connectivity index is 2.02. The van der Waals surface area contributed by atoms with E-state index in [9.17, 15) is 9.59 Å². The summed E-state index contributed by atoms with van der Waals surface area (Å²) in [6.07, 6.45) is 0. The smallest absolute Gasteiger partial charge is 0.335 e. The zero-order valence-corrected chi connectivity index (χ0v) is 14.9. The minimum Gasteiger partial charge on any atom is -0.478 e. The fourth-order valence-corrected chi connectivity index (χ4v) is 2.61. The lowest BCUT2D eigenvalue weighted by molar-refractivity contribution is 0.0697. The van der Waals surface area contributed by atoms with E-state index in [2.05, 4.69) is 15.4 Å². The maximum Gasteiger partial charge on any atom is 0.335 e. The van der Waals surface area contributed by atoms with Gasteiger partial charge in [0, 0.05) is 10.7 Å². The zero-order chi connectivity index (χ0) is 18.8. The van der Waals surface area contributed by atoms with Crippen LogP contribution >= 0.6 is 23.2 Å². The van der Waals surface area contributed by atoms with Crippen molar-refractivity contribution in [3.05, 3.63) is 74.3 Å². The predicted octanol–water partition coefficient (Wildman–Crippen LogP) is 3.68. The summed E-state index contributed by atoms with van der Waals surface area (Å²) in [5, 5.41) is 16.9. The van der Waals surface area contributed by atoms with E-state index in [1.54, 1.807) is 25.1 Å². The first-order valence-corrected chi connectivity index (χ1v) is 8.14. The average Bonchev–Trinajstić information content (AvgIpc) is 2.60. The third-order valence-electron chi connectivity index (χ3n) is 3.50. The number of rotatable bonds is 4. The van der Waals surface area contributed by atoms with Gasteiger partial charge in [-0.3, -0.25) is 4.79 Å². The van der Waals surface area contributed by atoms with Crippen LogP contribution in [0.4, 0.5) is 11.5 Å². The molecule has 0 aliphatic rings. The Kier molecular flexibility index (Phi) is 4.92. The number of benzene rings is 2. The van der Waals surface area contributed by atoms with E-state index >= 15 is 0 Å². The highest BCUT2D eigenvalue weighted by molar-refractivity contribution is 6.34. The SMILES string of the molecule is Cc1nc(=O)c(Nc2ccc(C(=O)O)cc2)nn1-c1cc(Cl)ccc1Cl. The lowest BCUT2D eigenvalue weighted by Crippen LogP contribution is -2.21. The van der Waals surface area contributed by atoms with Crippen molar-refractivity contribution in [1.29, 1.82) is 0 Å². The summed E-state index contributed by atoms with van der Waals surface area (Å²) in [5.74, 6) is -0.731. The molecule has 0 saturated heterocycles. The fraction of sp³-hybridized carbons (Fsp3) is 0.0588. The maximum absolute atomic E-state index is 12.2. The molecular formula is C17H12Cl2N4O3. The number of hydrogen-bond acceptors (Lipinski definition) is 5. The van der Waals surface area contributed by atoms with E-state index in [1.165, 1.54) is 28.9 Å². The molecule has 0 aliphatic heterocycles. The number of aryl methyl sites for hydroxylation is 1. The van der Waals surface area contributed by atoms with Gasteiger partial charge < -0.3 is 10.4 Å². The topological polar surface area (TPSA) is 97.1 Å². The van der Waals surface area contributed by atoms with Crippen LogP contribution in [0.5, 0.6) is 0 Å². The predicted molar refractivity (Wildman–Crippen MR) is 99.1 cm³/mol. The number of hydrogen-bond donors (Lipinski definition) is 2. The Labute approximate surface area is 157 Å². The first-order valence-electron chi connectivity index (χ1n) is 7.39. The van der Waals surface area contributed by atoms with Gasteiger partial charge in [0.15, 0.2) is 0 Å². The van der Waals surface area contributed by atoms with Crippen LogP contribution in [-0.2, 0) is 0 Å². The highest BCUT2D eigenvalue weighted by Crippen LogP contribution is 2.24. The van der Waals surface area contributed by atoms with Gasteiger partial charge in [0.05, 0.1) is 16.3 Å². The van der Waals surface area contributed by atoms with Crippen molar-refractivity contribution < 1.29 is 9.90 Å². The molecule has 0 saturated carbocycles. The number of aromatic nitrogens is 3. The van der Waals surface area contributed by atoms with Gasteiger partial charge in [0.1, 0.15) is 5.82 Å². The van der Waals surface area contributed by atoms with Gasteiger partial charge in [-0.25, -0.2) is 9.48 Å². The van der Waals surface area contributed by atoms with Crippen molar-refractivity contribution in [3.8, 4) is 5.69 Å². The molecule has 2 aromatic carbocycles. The van der Waals surface area contributed by atoms with E-state index in [4.69, 9.17) is 28.3 Å². The molecule has 0 spiro atoms. The molecule has 0 atom stereocenters. The maximum atomic E-state index is 12.2. The molecule has 26 heavy (non-hydrogen) atoms. The van der Waals surface area contributed by atoms with Crippen LogP contribution in [0.3, 0.4) is 0 Å². The molecule has 132 valence electrons. The monoisotopic (exact) mass is 390 g/mol. The second-order valence-corrected chi connectivity index (χ2v) is 6.17. The van der Waals surface area contributed by atoms with E-state index < -0.39 is 11.5 Å². The summed E-state index contributed by atoms with van der Waals surface area (Å²) in [5.41, 5.74) is 0.551. The molecule has 3 rings (SSSR count). The molecule has 3 aromatic rings. The summed E-state index contributed by atoms with van der Waals surface area (Å²) >= 11 is 12.2. The van der Waals surface area contributed by atoms with Gasteiger partial charge >= 0.3 is 11.5 Å². The van der Waals surface area contributed by atoms with Crippen LogP contribution in [0.1, 0.15) is 16.2 Å². The van der Waals surface area contributed by atoms with Crippen LogP contribution in [0.2, 0.25) is 10.0 Å². The van der Waals surface area contributed by atoms with Crippen molar-refractivity contribution in [1.82, 2.24) is 14.8 Å². The van der Waals surface area contributed by atoms with Crippen LogP contribution in [0.25, 0.3) is 5.69 Å². The number of halogens is 2. The van der Waals surface area contributed by atoms with Gasteiger partial charge in [0.2, 0.25) is 5.82 Å². The lowest BCUT2D eigenvalue weighted by atomic mass is 10.2. The number of carboxylic acid groups (broad SMARTS) is 1. The van der Waals surface area contributed by atoms with E-state index in [0.717, 1.165) is 0 Å². The highest BCUT2D eigenvalue weighted by Gasteiger charge is 2.13. The summed E-state index contributed by atoms with van der Waals surface area (Å²) in [6, 6.07) is 10.8. The van der Waals surface area contributed by atoms with Crippen LogP contribution in [-0.4, -0.2) is 25.8 Å². The Morgan fingerprint density at radius 1 is 1.15 bits per heavy atom. The van der Waals surface area contributed by atoms with Gasteiger partial charge in [-0.2, -0.15) is 4.98 Å². The van der Waals surface area contributed by atoms with Gasteiger partial charge in [-0.1, -0.05) is 23.2 Å². The molecule has 0 amide bonds. The highest BCUT2D eigenvalue weighted by atomic mass is 35.5. The zero-order valence-electron chi connectivity index (χ0n) is 13.4. The third-order valence-corrected chi connectivity index (χ3v) is 4.06. The standard InChI is InChI=1S/C17H12Cl2N4O3/c1-9-20-16(24)15(21-12-5-2-10(3-6-12)17(25)26)22-23(9)14-8-11(18)4-7-13(14)19/h2-8H,1H3,(H,21,22)(H,25,26). The Hall–Kier alpha value is -2.90. The van der Waals surface area contributed by atoms with Crippen molar-refractivity contribution in [2.24, 2.45) is 0 Å². The first-order chi connectivity index (χ1) is 12.3. The second-order valence-electron chi connectivity index (χ2n) is 5.33. The normalized spacial score (nSPS) is 10.6. The quantitative estimate of drug-likeness (QED) is 0.704. The Morgan fingerprint density at radius 3 is 2.50 bits per heavy atom. The van der Waals surface area contributed by atoms with Gasteiger partial charge in [0.25, 0.3) is 0 Å². The molecule has 0 radical (unpaired) electrons. The molecule has 1 heterocycles. The summed E-state index contributed by atoms with van der Waals surface area (Å²) < 4.78 is 1.41. The lowest BCUT2D eigenvalue weighted by Gasteiger charge is -2.13. The largest absolute Gasteiger partial charge is 0.478 e. The minimum absolute atomic E-state index is 0.0327. The van der Waals surface area contributed by atoms with E-state index in [0.29, 0.717) is 27.2 Å². The molecule has 0 fully saturated rings. The van der Waals surface area contributed by atoms with Crippen LogP contribution in [0.15, 0.2) is 47.3 Å².